The van der Waals surface area contributed by atoms with E-state index in [1.807, 2.05) is 4.90 Å². The van der Waals surface area contributed by atoms with Crippen molar-refractivity contribution < 1.29 is 19.4 Å². The third-order valence-electron chi connectivity index (χ3n) is 2.74. The minimum atomic E-state index is -0.319. The maximum Gasteiger partial charge on any atom is 0.306 e. The van der Waals surface area contributed by atoms with Gasteiger partial charge < -0.3 is 9.84 Å². The van der Waals surface area contributed by atoms with Gasteiger partial charge in [0.15, 0.2) is 0 Å². The summed E-state index contributed by atoms with van der Waals surface area (Å²) in [6.45, 7) is 3.05. The van der Waals surface area contributed by atoms with Crippen LogP contribution in [0.5, 0.6) is 0 Å². The Hall–Kier alpha value is -0.940. The zero-order valence-electron chi connectivity index (χ0n) is 10.4. The Morgan fingerprint density at radius 2 is 2.06 bits per heavy atom. The molecule has 0 aromatic carbocycles. The van der Waals surface area contributed by atoms with E-state index < -0.39 is 0 Å². The molecule has 0 heterocycles. The number of carbonyl (C=O) groups excluding carboxylic acids is 2. The van der Waals surface area contributed by atoms with E-state index in [1.54, 1.807) is 6.92 Å². The summed E-state index contributed by atoms with van der Waals surface area (Å²) in [5.41, 5.74) is 0. The quantitative estimate of drug-likeness (QED) is 0.592. The number of hydrogen-bond donors (Lipinski definition) is 1. The highest BCUT2D eigenvalue weighted by atomic mass is 16.5. The highest BCUT2D eigenvalue weighted by Gasteiger charge is 2.29. The summed E-state index contributed by atoms with van der Waals surface area (Å²) >= 11 is 0. The van der Waals surface area contributed by atoms with Crippen LogP contribution in [0.4, 0.5) is 0 Å². The molecule has 0 aromatic heterocycles. The van der Waals surface area contributed by atoms with E-state index in [1.165, 1.54) is 0 Å². The maximum atomic E-state index is 11.6. The average molecular weight is 243 g/mol. The molecule has 1 rings (SSSR count). The molecule has 0 unspecified atom stereocenters. The number of hydrogen-bond acceptors (Lipinski definition) is 5. The van der Waals surface area contributed by atoms with Gasteiger partial charge in [0.05, 0.1) is 26.2 Å². The molecule has 1 aliphatic rings. The van der Waals surface area contributed by atoms with E-state index in [4.69, 9.17) is 9.84 Å². The van der Waals surface area contributed by atoms with Crippen LogP contribution in [0.3, 0.4) is 0 Å². The molecule has 1 aliphatic carbocycles. The summed E-state index contributed by atoms with van der Waals surface area (Å²) < 4.78 is 4.76. The lowest BCUT2D eigenvalue weighted by atomic mass is 10.2. The smallest absolute Gasteiger partial charge is 0.306 e. The Balaban J connectivity index is 2.20. The van der Waals surface area contributed by atoms with Gasteiger partial charge in [-0.25, -0.2) is 0 Å². The molecule has 98 valence electrons. The van der Waals surface area contributed by atoms with Crippen molar-refractivity contribution in [3.05, 3.63) is 0 Å². The van der Waals surface area contributed by atoms with Crippen molar-refractivity contribution in [3.63, 3.8) is 0 Å². The highest BCUT2D eigenvalue weighted by Crippen LogP contribution is 2.26. The van der Waals surface area contributed by atoms with Crippen molar-refractivity contribution in [2.75, 3.05) is 26.3 Å². The molecule has 0 atom stereocenters. The van der Waals surface area contributed by atoms with E-state index in [0.29, 0.717) is 25.7 Å². The minimum absolute atomic E-state index is 0.0402. The third-order valence-corrected chi connectivity index (χ3v) is 2.74. The van der Waals surface area contributed by atoms with Gasteiger partial charge >= 0.3 is 5.97 Å². The zero-order valence-corrected chi connectivity index (χ0v) is 10.4. The molecule has 1 fully saturated rings. The Bertz CT molecular complexity index is 263. The largest absolute Gasteiger partial charge is 0.466 e. The average Bonchev–Trinajstić information content (AvgIpc) is 3.10. The van der Waals surface area contributed by atoms with Crippen molar-refractivity contribution >= 4 is 11.8 Å². The summed E-state index contributed by atoms with van der Waals surface area (Å²) in [6, 6.07) is 0.452. The van der Waals surface area contributed by atoms with E-state index in [0.717, 1.165) is 12.8 Å². The van der Waals surface area contributed by atoms with Gasteiger partial charge in [-0.2, -0.15) is 0 Å². The van der Waals surface area contributed by atoms with Gasteiger partial charge in [-0.3, -0.25) is 14.5 Å². The van der Waals surface area contributed by atoms with Crippen LogP contribution in [0.2, 0.25) is 0 Å². The topological polar surface area (TPSA) is 66.8 Å². The van der Waals surface area contributed by atoms with Gasteiger partial charge in [0.25, 0.3) is 0 Å². The SMILES string of the molecule is CCOC(=O)CCC(=O)CN(CCO)C1CC1. The van der Waals surface area contributed by atoms with Crippen molar-refractivity contribution in [2.45, 2.75) is 38.6 Å². The van der Waals surface area contributed by atoms with Crippen LogP contribution in [0.1, 0.15) is 32.6 Å². The standard InChI is InChI=1S/C12H21NO4/c1-2-17-12(16)6-5-11(15)9-13(7-8-14)10-3-4-10/h10,14H,2-9H2,1H3. The van der Waals surface area contributed by atoms with Gasteiger partial charge in [-0.05, 0) is 19.8 Å². The third kappa shape index (κ3) is 5.79. The fourth-order valence-electron chi connectivity index (χ4n) is 1.74. The van der Waals surface area contributed by atoms with E-state index in [-0.39, 0.29) is 31.2 Å². The first-order chi connectivity index (χ1) is 8.17. The first-order valence-electron chi connectivity index (χ1n) is 6.19. The van der Waals surface area contributed by atoms with Crippen molar-refractivity contribution in [1.29, 1.82) is 0 Å². The van der Waals surface area contributed by atoms with Crippen LogP contribution in [0, 0.1) is 0 Å². The van der Waals surface area contributed by atoms with Crippen LogP contribution in [0.25, 0.3) is 0 Å². The molecular formula is C12H21NO4. The van der Waals surface area contributed by atoms with Crippen molar-refractivity contribution in [1.82, 2.24) is 4.90 Å². The molecule has 1 saturated carbocycles. The predicted molar refractivity (Wildman–Crippen MR) is 62.6 cm³/mol. The molecule has 0 saturated heterocycles. The van der Waals surface area contributed by atoms with Crippen LogP contribution < -0.4 is 0 Å². The first-order valence-corrected chi connectivity index (χ1v) is 6.19. The maximum absolute atomic E-state index is 11.6. The number of ether oxygens (including phenoxy) is 1. The molecule has 5 nitrogen and oxygen atoms in total. The monoisotopic (exact) mass is 243 g/mol. The number of Topliss-reactive ketones (excluding diaryl/α,β-unsaturated/α-hetero) is 1. The van der Waals surface area contributed by atoms with Crippen LogP contribution in [0.15, 0.2) is 0 Å². The predicted octanol–water partition coefficient (Wildman–Crippen LogP) is 0.355. The lowest BCUT2D eigenvalue weighted by Gasteiger charge is -2.19. The number of aliphatic hydroxyl groups is 1. The first kappa shape index (κ1) is 14.1. The van der Waals surface area contributed by atoms with Crippen molar-refractivity contribution in [3.8, 4) is 0 Å². The Kier molecular flexibility index (Phi) is 6.15. The summed E-state index contributed by atoms with van der Waals surface area (Å²) in [5, 5.41) is 8.89. The van der Waals surface area contributed by atoms with E-state index in [2.05, 4.69) is 0 Å². The molecule has 17 heavy (non-hydrogen) atoms. The van der Waals surface area contributed by atoms with Crippen LogP contribution in [-0.2, 0) is 14.3 Å². The number of nitrogens with zero attached hydrogens (tertiary/aromatic N) is 1. The Labute approximate surface area is 102 Å². The number of esters is 1. The summed E-state index contributed by atoms with van der Waals surface area (Å²) in [7, 11) is 0. The summed E-state index contributed by atoms with van der Waals surface area (Å²) in [4.78, 5) is 24.7. The molecule has 5 heteroatoms. The van der Waals surface area contributed by atoms with Gasteiger partial charge in [-0.15, -0.1) is 0 Å². The molecule has 0 aliphatic heterocycles. The zero-order chi connectivity index (χ0) is 12.7. The minimum Gasteiger partial charge on any atom is -0.466 e. The number of ketones is 1. The lowest BCUT2D eigenvalue weighted by molar-refractivity contribution is -0.144. The lowest BCUT2D eigenvalue weighted by Crippen LogP contribution is -2.34. The Morgan fingerprint density at radius 1 is 1.35 bits per heavy atom. The Morgan fingerprint density at radius 3 is 2.59 bits per heavy atom. The van der Waals surface area contributed by atoms with Crippen molar-refractivity contribution in [2.24, 2.45) is 0 Å². The second-order valence-electron chi connectivity index (χ2n) is 4.27. The molecular weight excluding hydrogens is 222 g/mol. The highest BCUT2D eigenvalue weighted by molar-refractivity contribution is 5.84. The van der Waals surface area contributed by atoms with Gasteiger partial charge in [0.1, 0.15) is 5.78 Å². The van der Waals surface area contributed by atoms with E-state index in [9.17, 15) is 9.59 Å². The van der Waals surface area contributed by atoms with Crippen LogP contribution in [-0.4, -0.2) is 54.1 Å². The molecule has 0 spiro atoms. The fourth-order valence-corrected chi connectivity index (χ4v) is 1.74. The molecule has 0 amide bonds. The number of aliphatic hydroxyl groups excluding tert-OH is 1. The fraction of sp³-hybridized carbons (Fsp3) is 0.833. The van der Waals surface area contributed by atoms with E-state index >= 15 is 0 Å². The number of carbonyl (C=O) groups is 2. The molecule has 1 N–H and O–H groups in total. The second-order valence-corrected chi connectivity index (χ2v) is 4.27. The molecule has 0 aromatic rings. The molecule has 0 bridgehead atoms. The second kappa shape index (κ2) is 7.40. The molecule has 0 radical (unpaired) electrons. The summed E-state index contributed by atoms with van der Waals surface area (Å²) in [5.74, 6) is -0.278. The summed E-state index contributed by atoms with van der Waals surface area (Å²) in [6.07, 6.45) is 2.59. The number of rotatable bonds is 9. The van der Waals surface area contributed by atoms with Crippen LogP contribution >= 0.6 is 0 Å². The van der Waals surface area contributed by atoms with Gasteiger partial charge in [0.2, 0.25) is 0 Å². The van der Waals surface area contributed by atoms with Gasteiger partial charge in [-0.1, -0.05) is 0 Å². The van der Waals surface area contributed by atoms with Gasteiger partial charge in [0, 0.05) is 19.0 Å². The normalized spacial score (nSPS) is 15.0.